The maximum atomic E-state index is 13.5. The van der Waals surface area contributed by atoms with Crippen molar-refractivity contribution in [1.29, 1.82) is 0 Å². The highest BCUT2D eigenvalue weighted by atomic mass is 16.2. The Bertz CT molecular complexity index is 1240. The van der Waals surface area contributed by atoms with Crippen molar-refractivity contribution in [3.05, 3.63) is 68.5 Å². The van der Waals surface area contributed by atoms with Gasteiger partial charge in [-0.15, -0.1) is 0 Å². The Kier molecular flexibility index (Phi) is 5.76. The van der Waals surface area contributed by atoms with E-state index in [9.17, 15) is 14.4 Å². The number of hydrogen-bond donors (Lipinski definition) is 0. The van der Waals surface area contributed by atoms with Crippen LogP contribution in [0.3, 0.4) is 0 Å². The van der Waals surface area contributed by atoms with Crippen molar-refractivity contribution in [2.75, 3.05) is 7.05 Å². The fourth-order valence-corrected chi connectivity index (χ4v) is 4.54. The van der Waals surface area contributed by atoms with Crippen molar-refractivity contribution in [2.24, 2.45) is 0 Å². The second kappa shape index (κ2) is 8.49. The number of carbonyl (C=O) groups is 1. The third kappa shape index (κ3) is 3.92. The molecule has 4 rings (SSSR count). The summed E-state index contributed by atoms with van der Waals surface area (Å²) >= 11 is 0. The van der Waals surface area contributed by atoms with Crippen LogP contribution in [0.2, 0.25) is 0 Å². The Labute approximate surface area is 181 Å². The standard InChI is InChI=1S/C24H28N4O3/c1-16-14-17(2)25-22-21(16)23(30)27(24(31)28(22)19-12-8-5-9-13-19)15-20(29)26(3)18-10-6-4-7-11-18/h5,8-9,12-14,18H,4,6-7,10-11,15H2,1-3H3. The Hall–Kier alpha value is -3.22. The van der Waals surface area contributed by atoms with Gasteiger partial charge < -0.3 is 4.90 Å². The minimum absolute atomic E-state index is 0.166. The molecular weight excluding hydrogens is 392 g/mol. The lowest BCUT2D eigenvalue weighted by molar-refractivity contribution is -0.133. The number of fused-ring (bicyclic) bond motifs is 1. The minimum atomic E-state index is -0.549. The molecule has 1 aliphatic rings. The summed E-state index contributed by atoms with van der Waals surface area (Å²) < 4.78 is 2.49. The number of hydrogen-bond acceptors (Lipinski definition) is 4. The second-order valence-electron chi connectivity index (χ2n) is 8.42. The molecule has 0 N–H and O–H groups in total. The molecule has 0 unspecified atom stereocenters. The number of amides is 1. The van der Waals surface area contributed by atoms with Crippen LogP contribution < -0.4 is 11.2 Å². The summed E-state index contributed by atoms with van der Waals surface area (Å²) in [6, 6.07) is 11.1. The first-order chi connectivity index (χ1) is 14.9. The fourth-order valence-electron chi connectivity index (χ4n) is 4.54. The van der Waals surface area contributed by atoms with Crippen LogP contribution in [-0.2, 0) is 11.3 Å². The van der Waals surface area contributed by atoms with E-state index in [1.807, 2.05) is 38.1 Å². The number of nitrogens with zero attached hydrogens (tertiary/aromatic N) is 4. The summed E-state index contributed by atoms with van der Waals surface area (Å²) in [5.74, 6) is -0.220. The number of rotatable bonds is 4. The molecule has 1 saturated carbocycles. The highest BCUT2D eigenvalue weighted by molar-refractivity contribution is 5.81. The molecule has 3 aromatic rings. The lowest BCUT2D eigenvalue weighted by Gasteiger charge is -2.31. The summed E-state index contributed by atoms with van der Waals surface area (Å²) in [6.07, 6.45) is 5.32. The highest BCUT2D eigenvalue weighted by Crippen LogP contribution is 2.22. The molecular formula is C24H28N4O3. The Morgan fingerprint density at radius 1 is 1.10 bits per heavy atom. The molecule has 1 amide bonds. The Morgan fingerprint density at radius 3 is 2.45 bits per heavy atom. The van der Waals surface area contributed by atoms with E-state index in [2.05, 4.69) is 4.98 Å². The average molecular weight is 421 g/mol. The van der Waals surface area contributed by atoms with Crippen molar-refractivity contribution in [3.8, 4) is 5.69 Å². The second-order valence-corrected chi connectivity index (χ2v) is 8.42. The van der Waals surface area contributed by atoms with Gasteiger partial charge >= 0.3 is 5.69 Å². The number of likely N-dealkylation sites (N-methyl/N-ethyl adjacent to an activating group) is 1. The molecule has 162 valence electrons. The molecule has 0 radical (unpaired) electrons. The molecule has 1 aliphatic carbocycles. The summed E-state index contributed by atoms with van der Waals surface area (Å²) in [5, 5.41) is 0.363. The van der Waals surface area contributed by atoms with Crippen molar-refractivity contribution in [2.45, 2.75) is 58.5 Å². The van der Waals surface area contributed by atoms with Gasteiger partial charge in [0.25, 0.3) is 5.56 Å². The predicted molar refractivity (Wildman–Crippen MR) is 121 cm³/mol. The quantitative estimate of drug-likeness (QED) is 0.650. The van der Waals surface area contributed by atoms with Crippen LogP contribution in [0.1, 0.15) is 43.4 Å². The van der Waals surface area contributed by atoms with E-state index in [0.717, 1.165) is 41.5 Å². The molecule has 2 aromatic heterocycles. The number of aryl methyl sites for hydroxylation is 2. The number of pyridine rings is 1. The van der Waals surface area contributed by atoms with Gasteiger partial charge in [0, 0.05) is 18.8 Å². The average Bonchev–Trinajstić information content (AvgIpc) is 2.77. The van der Waals surface area contributed by atoms with Gasteiger partial charge in [-0.2, -0.15) is 0 Å². The van der Waals surface area contributed by atoms with Gasteiger partial charge in [-0.25, -0.2) is 18.9 Å². The number of carbonyl (C=O) groups excluding carboxylic acids is 1. The van der Waals surface area contributed by atoms with Crippen LogP contribution in [0, 0.1) is 13.8 Å². The smallest absolute Gasteiger partial charge is 0.337 e. The minimum Gasteiger partial charge on any atom is -0.341 e. The van der Waals surface area contributed by atoms with Crippen LogP contribution in [0.4, 0.5) is 0 Å². The zero-order valence-corrected chi connectivity index (χ0v) is 18.3. The maximum Gasteiger partial charge on any atom is 0.337 e. The van der Waals surface area contributed by atoms with Gasteiger partial charge in [-0.3, -0.25) is 9.59 Å². The van der Waals surface area contributed by atoms with E-state index in [1.165, 1.54) is 11.0 Å². The van der Waals surface area contributed by atoms with E-state index in [4.69, 9.17) is 0 Å². The van der Waals surface area contributed by atoms with Crippen molar-refractivity contribution in [1.82, 2.24) is 19.0 Å². The predicted octanol–water partition coefficient (Wildman–Crippen LogP) is 2.96. The zero-order valence-electron chi connectivity index (χ0n) is 18.3. The molecule has 0 bridgehead atoms. The number of para-hydroxylation sites is 1. The van der Waals surface area contributed by atoms with Crippen LogP contribution >= 0.6 is 0 Å². The van der Waals surface area contributed by atoms with Crippen molar-refractivity contribution in [3.63, 3.8) is 0 Å². The molecule has 7 heteroatoms. The SMILES string of the molecule is Cc1cc(C)c2c(=O)n(CC(=O)N(C)C3CCCCC3)c(=O)n(-c3ccccc3)c2n1. The molecule has 2 heterocycles. The van der Waals surface area contributed by atoms with Crippen LogP contribution in [0.5, 0.6) is 0 Å². The lowest BCUT2D eigenvalue weighted by atomic mass is 9.94. The third-order valence-corrected chi connectivity index (χ3v) is 6.24. The van der Waals surface area contributed by atoms with Gasteiger partial charge in [-0.05, 0) is 50.5 Å². The molecule has 1 fully saturated rings. The van der Waals surface area contributed by atoms with Gasteiger partial charge in [-0.1, -0.05) is 37.5 Å². The fraction of sp³-hybridized carbons (Fsp3) is 0.417. The molecule has 1 aromatic carbocycles. The van der Waals surface area contributed by atoms with Crippen molar-refractivity contribution >= 4 is 16.9 Å². The van der Waals surface area contributed by atoms with E-state index < -0.39 is 11.2 Å². The molecule has 0 spiro atoms. The van der Waals surface area contributed by atoms with Crippen LogP contribution in [-0.4, -0.2) is 38.0 Å². The Balaban J connectivity index is 1.87. The molecule has 0 saturated heterocycles. The zero-order chi connectivity index (χ0) is 22.1. The largest absolute Gasteiger partial charge is 0.341 e. The van der Waals surface area contributed by atoms with E-state index in [0.29, 0.717) is 16.7 Å². The van der Waals surface area contributed by atoms with Gasteiger partial charge in [0.05, 0.1) is 11.1 Å². The maximum absolute atomic E-state index is 13.5. The molecule has 31 heavy (non-hydrogen) atoms. The van der Waals surface area contributed by atoms with Gasteiger partial charge in [0.1, 0.15) is 6.54 Å². The van der Waals surface area contributed by atoms with Crippen molar-refractivity contribution < 1.29 is 4.79 Å². The summed E-state index contributed by atoms with van der Waals surface area (Å²) in [5.41, 5.74) is 1.37. The van der Waals surface area contributed by atoms with Crippen LogP contribution in [0.15, 0.2) is 46.0 Å². The first-order valence-electron chi connectivity index (χ1n) is 10.8. The highest BCUT2D eigenvalue weighted by Gasteiger charge is 2.25. The molecule has 0 aliphatic heterocycles. The topological polar surface area (TPSA) is 77.2 Å². The number of aromatic nitrogens is 3. The third-order valence-electron chi connectivity index (χ3n) is 6.24. The Morgan fingerprint density at radius 2 is 1.77 bits per heavy atom. The first kappa shape index (κ1) is 21.0. The first-order valence-corrected chi connectivity index (χ1v) is 10.8. The van der Waals surface area contributed by atoms with E-state index in [-0.39, 0.29) is 18.5 Å². The van der Waals surface area contributed by atoms with E-state index in [1.54, 1.807) is 24.1 Å². The summed E-state index contributed by atoms with van der Waals surface area (Å²) in [7, 11) is 1.77. The van der Waals surface area contributed by atoms with Gasteiger partial charge in [0.2, 0.25) is 5.91 Å². The molecule has 0 atom stereocenters. The normalized spacial score (nSPS) is 14.7. The van der Waals surface area contributed by atoms with Gasteiger partial charge in [0.15, 0.2) is 5.65 Å². The summed E-state index contributed by atoms with van der Waals surface area (Å²) in [6.45, 7) is 3.39. The lowest BCUT2D eigenvalue weighted by Crippen LogP contribution is -2.46. The molecule has 7 nitrogen and oxygen atoms in total. The van der Waals surface area contributed by atoms with Crippen LogP contribution in [0.25, 0.3) is 16.7 Å². The van der Waals surface area contributed by atoms with E-state index >= 15 is 0 Å². The summed E-state index contributed by atoms with van der Waals surface area (Å²) in [4.78, 5) is 46.1. The monoisotopic (exact) mass is 420 g/mol. The number of benzene rings is 1.